The van der Waals surface area contributed by atoms with Crippen LogP contribution in [0.4, 0.5) is 10.1 Å². The van der Waals surface area contributed by atoms with Crippen molar-refractivity contribution in [1.82, 2.24) is 9.21 Å². The van der Waals surface area contributed by atoms with Crippen LogP contribution >= 0.6 is 23.2 Å². The van der Waals surface area contributed by atoms with E-state index in [0.29, 0.717) is 47.5 Å². The lowest BCUT2D eigenvalue weighted by molar-refractivity contribution is -0.131. The molecule has 1 fully saturated rings. The Bertz CT molecular complexity index is 1030. The van der Waals surface area contributed by atoms with Gasteiger partial charge in [0.2, 0.25) is 15.9 Å². The zero-order valence-corrected chi connectivity index (χ0v) is 18.7. The third-order valence-corrected chi connectivity index (χ3v) is 6.88. The number of carbonyl (C=O) groups is 1. The van der Waals surface area contributed by atoms with Crippen LogP contribution in [-0.4, -0.2) is 62.5 Å². The lowest BCUT2D eigenvalue weighted by Crippen LogP contribution is -2.51. The Labute approximate surface area is 185 Å². The van der Waals surface area contributed by atoms with E-state index in [4.69, 9.17) is 23.2 Å². The van der Waals surface area contributed by atoms with Crippen molar-refractivity contribution in [3.05, 3.63) is 63.9 Å². The quantitative estimate of drug-likeness (QED) is 0.645. The minimum atomic E-state index is -3.63. The van der Waals surface area contributed by atoms with Crippen LogP contribution in [0.1, 0.15) is 5.56 Å². The molecule has 2 aromatic carbocycles. The molecule has 1 amide bonds. The summed E-state index contributed by atoms with van der Waals surface area (Å²) in [5, 5.41) is 0.688. The van der Waals surface area contributed by atoms with Gasteiger partial charge in [-0.05, 0) is 29.8 Å². The number of carbonyl (C=O) groups excluding carboxylic acids is 1. The van der Waals surface area contributed by atoms with Gasteiger partial charge in [-0.1, -0.05) is 41.4 Å². The molecular weight excluding hydrogens is 452 g/mol. The minimum Gasteiger partial charge on any atom is -0.366 e. The van der Waals surface area contributed by atoms with E-state index in [-0.39, 0.29) is 24.8 Å². The van der Waals surface area contributed by atoms with Crippen LogP contribution in [0.3, 0.4) is 0 Å². The third kappa shape index (κ3) is 5.63. The Kier molecular flexibility index (Phi) is 7.23. The number of hydrogen-bond donors (Lipinski definition) is 0. The molecule has 0 saturated carbocycles. The Morgan fingerprint density at radius 1 is 1.07 bits per heavy atom. The summed E-state index contributed by atoms with van der Waals surface area (Å²) in [7, 11) is -3.63. The van der Waals surface area contributed by atoms with Crippen molar-refractivity contribution >= 4 is 44.8 Å². The largest absolute Gasteiger partial charge is 0.366 e. The van der Waals surface area contributed by atoms with E-state index in [0.717, 1.165) is 10.6 Å². The summed E-state index contributed by atoms with van der Waals surface area (Å²) in [6, 6.07) is 11.3. The lowest BCUT2D eigenvalue weighted by Gasteiger charge is -2.37. The van der Waals surface area contributed by atoms with E-state index in [9.17, 15) is 17.6 Å². The average Bonchev–Trinajstić information content (AvgIpc) is 2.70. The van der Waals surface area contributed by atoms with E-state index < -0.39 is 10.0 Å². The molecule has 10 heteroatoms. The number of nitrogens with zero attached hydrogens (tertiary/aromatic N) is 3. The van der Waals surface area contributed by atoms with Crippen LogP contribution in [0.15, 0.2) is 42.5 Å². The van der Waals surface area contributed by atoms with Crippen molar-refractivity contribution in [2.24, 2.45) is 0 Å². The Hall–Kier alpha value is -1.87. The average molecular weight is 474 g/mol. The number of hydrogen-bond acceptors (Lipinski definition) is 4. The van der Waals surface area contributed by atoms with Crippen LogP contribution in [0.25, 0.3) is 0 Å². The first-order chi connectivity index (χ1) is 14.1. The second kappa shape index (κ2) is 9.51. The number of para-hydroxylation sites is 1. The summed E-state index contributed by atoms with van der Waals surface area (Å²) in [4.78, 5) is 16.2. The van der Waals surface area contributed by atoms with Crippen LogP contribution in [0.5, 0.6) is 0 Å². The third-order valence-electron chi connectivity index (χ3n) is 4.95. The van der Waals surface area contributed by atoms with E-state index in [1.807, 2.05) is 4.90 Å². The Balaban J connectivity index is 1.64. The molecule has 6 nitrogen and oxygen atoms in total. The summed E-state index contributed by atoms with van der Waals surface area (Å²) in [5.74, 6) is -0.601. The van der Waals surface area contributed by atoms with Gasteiger partial charge in [-0.25, -0.2) is 12.8 Å². The molecule has 1 aliphatic rings. The van der Waals surface area contributed by atoms with Gasteiger partial charge in [0.15, 0.2) is 0 Å². The van der Waals surface area contributed by atoms with Crippen LogP contribution in [-0.2, 0) is 21.4 Å². The summed E-state index contributed by atoms with van der Waals surface area (Å²) in [5.41, 5.74) is 1.13. The molecule has 0 N–H and O–H groups in total. The summed E-state index contributed by atoms with van der Waals surface area (Å²) in [6.45, 7) is 1.45. The highest BCUT2D eigenvalue weighted by Gasteiger charge is 2.27. The van der Waals surface area contributed by atoms with Gasteiger partial charge < -0.3 is 9.80 Å². The monoisotopic (exact) mass is 473 g/mol. The molecule has 30 heavy (non-hydrogen) atoms. The standard InChI is InChI=1S/C20H22Cl2FN3O3S/c1-30(28,29)26(13-15-6-7-16(21)17(22)12-15)14-20(27)25-10-8-24(9-11-25)19-5-3-2-4-18(19)23/h2-7,12H,8-11,13-14H2,1H3. The van der Waals surface area contributed by atoms with Crippen LogP contribution in [0, 0.1) is 5.82 Å². The van der Waals surface area contributed by atoms with Gasteiger partial charge in [0.05, 0.1) is 28.5 Å². The number of amides is 1. The molecule has 2 aromatic rings. The number of rotatable bonds is 6. The maximum absolute atomic E-state index is 14.0. The number of anilines is 1. The molecule has 0 bridgehead atoms. The molecule has 0 spiro atoms. The molecule has 1 heterocycles. The Morgan fingerprint density at radius 2 is 1.73 bits per heavy atom. The molecule has 0 radical (unpaired) electrons. The molecule has 1 aliphatic heterocycles. The highest BCUT2D eigenvalue weighted by atomic mass is 35.5. The van der Waals surface area contributed by atoms with Gasteiger partial charge >= 0.3 is 0 Å². The summed E-state index contributed by atoms with van der Waals surface area (Å²) in [6.07, 6.45) is 1.06. The topological polar surface area (TPSA) is 60.9 Å². The van der Waals surface area contributed by atoms with Gasteiger partial charge in [-0.3, -0.25) is 4.79 Å². The van der Waals surface area contributed by atoms with Crippen LogP contribution in [0.2, 0.25) is 10.0 Å². The van der Waals surface area contributed by atoms with Crippen molar-refractivity contribution in [2.45, 2.75) is 6.54 Å². The van der Waals surface area contributed by atoms with E-state index in [2.05, 4.69) is 0 Å². The van der Waals surface area contributed by atoms with Gasteiger partial charge in [0.1, 0.15) is 5.82 Å². The highest BCUT2D eigenvalue weighted by molar-refractivity contribution is 7.88. The first-order valence-electron chi connectivity index (χ1n) is 9.31. The van der Waals surface area contributed by atoms with Gasteiger partial charge in [0.25, 0.3) is 0 Å². The number of benzene rings is 2. The predicted molar refractivity (Wildman–Crippen MR) is 117 cm³/mol. The summed E-state index contributed by atoms with van der Waals surface area (Å²) >= 11 is 11.9. The molecule has 0 unspecified atom stereocenters. The highest BCUT2D eigenvalue weighted by Crippen LogP contribution is 2.24. The normalized spacial score (nSPS) is 15.0. The van der Waals surface area contributed by atoms with Gasteiger partial charge in [-0.15, -0.1) is 0 Å². The predicted octanol–water partition coefficient (Wildman–Crippen LogP) is 3.24. The molecular formula is C20H22Cl2FN3O3S. The molecule has 0 aromatic heterocycles. The lowest BCUT2D eigenvalue weighted by atomic mass is 10.2. The molecule has 0 aliphatic carbocycles. The van der Waals surface area contributed by atoms with Crippen molar-refractivity contribution in [3.8, 4) is 0 Å². The van der Waals surface area contributed by atoms with Crippen LogP contribution < -0.4 is 4.90 Å². The van der Waals surface area contributed by atoms with E-state index >= 15 is 0 Å². The molecule has 1 saturated heterocycles. The molecule has 0 atom stereocenters. The van der Waals surface area contributed by atoms with Crippen molar-refractivity contribution < 1.29 is 17.6 Å². The van der Waals surface area contributed by atoms with Crippen molar-refractivity contribution in [1.29, 1.82) is 0 Å². The SMILES string of the molecule is CS(=O)(=O)N(CC(=O)N1CCN(c2ccccc2F)CC1)Cc1ccc(Cl)c(Cl)c1. The molecule has 3 rings (SSSR count). The first kappa shape index (κ1) is 22.8. The fourth-order valence-electron chi connectivity index (χ4n) is 3.29. The second-order valence-electron chi connectivity index (χ2n) is 7.10. The van der Waals surface area contributed by atoms with Crippen molar-refractivity contribution in [2.75, 3.05) is 43.9 Å². The second-order valence-corrected chi connectivity index (χ2v) is 9.90. The van der Waals surface area contributed by atoms with E-state index in [1.165, 1.54) is 6.07 Å². The fraction of sp³-hybridized carbons (Fsp3) is 0.350. The number of halogens is 3. The maximum Gasteiger partial charge on any atom is 0.238 e. The van der Waals surface area contributed by atoms with Crippen molar-refractivity contribution in [3.63, 3.8) is 0 Å². The smallest absolute Gasteiger partial charge is 0.238 e. The minimum absolute atomic E-state index is 0.0106. The van der Waals surface area contributed by atoms with Gasteiger partial charge in [-0.2, -0.15) is 4.31 Å². The number of sulfonamides is 1. The Morgan fingerprint density at radius 3 is 2.33 bits per heavy atom. The zero-order chi connectivity index (χ0) is 21.9. The zero-order valence-electron chi connectivity index (χ0n) is 16.4. The fourth-order valence-corrected chi connectivity index (χ4v) is 4.34. The molecule has 162 valence electrons. The van der Waals surface area contributed by atoms with E-state index in [1.54, 1.807) is 41.3 Å². The maximum atomic E-state index is 14.0. The van der Waals surface area contributed by atoms with Gasteiger partial charge in [0, 0.05) is 32.7 Å². The summed E-state index contributed by atoms with van der Waals surface area (Å²) < 4.78 is 39.5. The number of piperazine rings is 1. The first-order valence-corrected chi connectivity index (χ1v) is 11.9.